The van der Waals surface area contributed by atoms with E-state index in [0.717, 1.165) is 18.5 Å². The summed E-state index contributed by atoms with van der Waals surface area (Å²) in [6, 6.07) is 0.728. The number of hydrogen-bond donors (Lipinski definition) is 1. The van der Waals surface area contributed by atoms with Gasteiger partial charge in [-0.25, -0.2) is 0 Å². The Labute approximate surface area is 89.8 Å². The van der Waals surface area contributed by atoms with Crippen LogP contribution in [0, 0.1) is 5.92 Å². The van der Waals surface area contributed by atoms with Crippen molar-refractivity contribution in [3.8, 4) is 0 Å². The van der Waals surface area contributed by atoms with Gasteiger partial charge >= 0.3 is 0 Å². The number of aromatic nitrogens is 1. The summed E-state index contributed by atoms with van der Waals surface area (Å²) in [5.74, 6) is 0.844. The molecule has 0 spiro atoms. The van der Waals surface area contributed by atoms with Crippen LogP contribution in [0.5, 0.6) is 0 Å². The van der Waals surface area contributed by atoms with Crippen LogP contribution < -0.4 is 5.32 Å². The maximum atomic E-state index is 4.08. The Bertz CT molecular complexity index is 258. The molecule has 0 saturated heterocycles. The molecule has 0 aromatic carbocycles. The van der Waals surface area contributed by atoms with Gasteiger partial charge in [-0.3, -0.25) is 4.98 Å². The van der Waals surface area contributed by atoms with Crippen LogP contribution >= 0.6 is 11.3 Å². The molecule has 0 aliphatic heterocycles. The zero-order valence-corrected chi connectivity index (χ0v) is 9.52. The molecule has 3 heteroatoms. The van der Waals surface area contributed by atoms with Crippen molar-refractivity contribution in [2.24, 2.45) is 5.92 Å². The van der Waals surface area contributed by atoms with Crippen molar-refractivity contribution < 1.29 is 0 Å². The van der Waals surface area contributed by atoms with E-state index in [2.05, 4.69) is 17.2 Å². The fourth-order valence-corrected chi connectivity index (χ4v) is 2.73. The van der Waals surface area contributed by atoms with Crippen LogP contribution in [-0.2, 0) is 6.54 Å². The van der Waals surface area contributed by atoms with Crippen LogP contribution in [-0.4, -0.2) is 11.0 Å². The van der Waals surface area contributed by atoms with Gasteiger partial charge in [0.1, 0.15) is 0 Å². The average Bonchev–Trinajstić information content (AvgIpc) is 2.69. The number of thiazole rings is 1. The van der Waals surface area contributed by atoms with E-state index in [4.69, 9.17) is 0 Å². The molecule has 2 atom stereocenters. The molecule has 1 aromatic rings. The predicted octanol–water partition coefficient (Wildman–Crippen LogP) is 2.81. The SMILES string of the molecule is C[C@@H]1CCCC[C@@H]1NCc1cncs1. The fraction of sp³-hybridized carbons (Fsp3) is 0.727. The summed E-state index contributed by atoms with van der Waals surface area (Å²) in [6.07, 6.45) is 7.51. The van der Waals surface area contributed by atoms with Gasteiger partial charge in [0.15, 0.2) is 0 Å². The first-order chi connectivity index (χ1) is 6.86. The minimum Gasteiger partial charge on any atom is -0.309 e. The molecule has 1 saturated carbocycles. The quantitative estimate of drug-likeness (QED) is 0.830. The molecule has 1 N–H and O–H groups in total. The van der Waals surface area contributed by atoms with Gasteiger partial charge in [0, 0.05) is 23.7 Å². The van der Waals surface area contributed by atoms with Crippen LogP contribution in [0.25, 0.3) is 0 Å². The van der Waals surface area contributed by atoms with E-state index in [1.54, 1.807) is 11.3 Å². The summed E-state index contributed by atoms with van der Waals surface area (Å²) < 4.78 is 0. The van der Waals surface area contributed by atoms with Crippen LogP contribution in [0.4, 0.5) is 0 Å². The summed E-state index contributed by atoms with van der Waals surface area (Å²) in [7, 11) is 0. The molecule has 0 radical (unpaired) electrons. The van der Waals surface area contributed by atoms with Crippen molar-refractivity contribution in [3.63, 3.8) is 0 Å². The van der Waals surface area contributed by atoms with Gasteiger partial charge in [-0.2, -0.15) is 0 Å². The Hall–Kier alpha value is -0.410. The first kappa shape index (κ1) is 10.1. The van der Waals surface area contributed by atoms with E-state index in [0.29, 0.717) is 0 Å². The van der Waals surface area contributed by atoms with Gasteiger partial charge in [0.05, 0.1) is 5.51 Å². The van der Waals surface area contributed by atoms with Gasteiger partial charge in [0.2, 0.25) is 0 Å². The Morgan fingerprint density at radius 1 is 1.50 bits per heavy atom. The largest absolute Gasteiger partial charge is 0.309 e. The molecular formula is C11H18N2S. The van der Waals surface area contributed by atoms with Gasteiger partial charge < -0.3 is 5.32 Å². The van der Waals surface area contributed by atoms with Crippen LogP contribution in [0.3, 0.4) is 0 Å². The number of nitrogens with zero attached hydrogens (tertiary/aromatic N) is 1. The maximum absolute atomic E-state index is 4.08. The Morgan fingerprint density at radius 2 is 2.36 bits per heavy atom. The molecule has 1 fully saturated rings. The Balaban J connectivity index is 1.79. The molecule has 1 aliphatic rings. The standard InChI is InChI=1S/C11H18N2S/c1-9-4-2-3-5-11(9)13-7-10-6-12-8-14-10/h6,8-9,11,13H,2-5,7H2,1H3/t9-,11+/m1/s1. The summed E-state index contributed by atoms with van der Waals surface area (Å²) in [6.45, 7) is 3.36. The number of rotatable bonds is 3. The molecule has 78 valence electrons. The zero-order valence-electron chi connectivity index (χ0n) is 8.70. The first-order valence-corrected chi connectivity index (χ1v) is 6.35. The third-order valence-corrected chi connectivity index (χ3v) is 3.91. The lowest BCUT2D eigenvalue weighted by atomic mass is 9.86. The summed E-state index contributed by atoms with van der Waals surface area (Å²) in [5, 5.41) is 3.64. The highest BCUT2D eigenvalue weighted by atomic mass is 32.1. The molecule has 1 aliphatic carbocycles. The van der Waals surface area contributed by atoms with E-state index >= 15 is 0 Å². The van der Waals surface area contributed by atoms with Crippen molar-refractivity contribution in [2.75, 3.05) is 0 Å². The molecule has 2 nitrogen and oxygen atoms in total. The van der Waals surface area contributed by atoms with Gasteiger partial charge in [-0.1, -0.05) is 19.8 Å². The normalized spacial score (nSPS) is 27.8. The third-order valence-electron chi connectivity index (χ3n) is 3.13. The number of hydrogen-bond acceptors (Lipinski definition) is 3. The van der Waals surface area contributed by atoms with Crippen molar-refractivity contribution in [1.82, 2.24) is 10.3 Å². The number of nitrogens with one attached hydrogen (secondary N) is 1. The van der Waals surface area contributed by atoms with Gasteiger partial charge in [-0.15, -0.1) is 11.3 Å². The van der Waals surface area contributed by atoms with Crippen molar-refractivity contribution in [1.29, 1.82) is 0 Å². The second-order valence-corrected chi connectivity index (χ2v) is 5.19. The summed E-state index contributed by atoms with van der Waals surface area (Å²) in [5.41, 5.74) is 1.90. The van der Waals surface area contributed by atoms with Crippen LogP contribution in [0.15, 0.2) is 11.7 Å². The maximum Gasteiger partial charge on any atom is 0.0794 e. The molecule has 2 rings (SSSR count). The molecule has 14 heavy (non-hydrogen) atoms. The lowest BCUT2D eigenvalue weighted by Gasteiger charge is -2.29. The molecule has 1 heterocycles. The summed E-state index contributed by atoms with van der Waals surface area (Å²) >= 11 is 1.74. The monoisotopic (exact) mass is 210 g/mol. The second-order valence-electron chi connectivity index (χ2n) is 4.22. The Morgan fingerprint density at radius 3 is 3.07 bits per heavy atom. The van der Waals surface area contributed by atoms with Crippen LogP contribution in [0.2, 0.25) is 0 Å². The first-order valence-electron chi connectivity index (χ1n) is 5.47. The lowest BCUT2D eigenvalue weighted by Crippen LogP contribution is -2.36. The smallest absolute Gasteiger partial charge is 0.0794 e. The van der Waals surface area contributed by atoms with E-state index in [9.17, 15) is 0 Å². The van der Waals surface area contributed by atoms with E-state index < -0.39 is 0 Å². The van der Waals surface area contributed by atoms with E-state index in [1.165, 1.54) is 30.6 Å². The fourth-order valence-electron chi connectivity index (χ4n) is 2.18. The molecule has 0 bridgehead atoms. The lowest BCUT2D eigenvalue weighted by molar-refractivity contribution is 0.280. The second kappa shape index (κ2) is 4.89. The van der Waals surface area contributed by atoms with Crippen molar-refractivity contribution in [3.05, 3.63) is 16.6 Å². The topological polar surface area (TPSA) is 24.9 Å². The zero-order chi connectivity index (χ0) is 9.80. The Kier molecular flexibility index (Phi) is 3.54. The van der Waals surface area contributed by atoms with E-state index in [1.807, 2.05) is 11.7 Å². The highest BCUT2D eigenvalue weighted by Crippen LogP contribution is 2.24. The van der Waals surface area contributed by atoms with Gasteiger partial charge in [-0.05, 0) is 18.8 Å². The minimum atomic E-state index is 0.728. The highest BCUT2D eigenvalue weighted by molar-refractivity contribution is 7.09. The molecular weight excluding hydrogens is 192 g/mol. The van der Waals surface area contributed by atoms with Gasteiger partial charge in [0.25, 0.3) is 0 Å². The average molecular weight is 210 g/mol. The molecule has 0 amide bonds. The van der Waals surface area contributed by atoms with Crippen molar-refractivity contribution >= 4 is 11.3 Å². The highest BCUT2D eigenvalue weighted by Gasteiger charge is 2.20. The van der Waals surface area contributed by atoms with E-state index in [-0.39, 0.29) is 0 Å². The van der Waals surface area contributed by atoms with Crippen LogP contribution in [0.1, 0.15) is 37.5 Å². The third kappa shape index (κ3) is 2.55. The van der Waals surface area contributed by atoms with Crippen molar-refractivity contribution in [2.45, 2.75) is 45.2 Å². The predicted molar refractivity (Wildman–Crippen MR) is 60.4 cm³/mol. The summed E-state index contributed by atoms with van der Waals surface area (Å²) in [4.78, 5) is 5.43. The molecule has 0 unspecified atom stereocenters. The molecule has 1 aromatic heterocycles. The minimum absolute atomic E-state index is 0.728.